The number of aromatic nitrogens is 4. The molecule has 7 heteroatoms. The summed E-state index contributed by atoms with van der Waals surface area (Å²) < 4.78 is 2.50. The number of thioether (sulfide) groups is 1. The number of nitrogens with one attached hydrogen (secondary N) is 1. The van der Waals surface area contributed by atoms with Gasteiger partial charge in [-0.25, -0.2) is 4.98 Å². The maximum absolute atomic E-state index is 5.09. The number of hydrogen-bond acceptors (Lipinski definition) is 5. The van der Waals surface area contributed by atoms with Crippen LogP contribution < -0.4 is 0 Å². The van der Waals surface area contributed by atoms with Gasteiger partial charge in [-0.15, -0.1) is 11.3 Å². The van der Waals surface area contributed by atoms with E-state index in [4.69, 9.17) is 12.2 Å². The second-order valence-corrected chi connectivity index (χ2v) is 6.19. The van der Waals surface area contributed by atoms with Crippen LogP contribution in [0.1, 0.15) is 18.4 Å². The largest absolute Gasteiger partial charge is 0.303 e. The van der Waals surface area contributed by atoms with Crippen molar-refractivity contribution in [2.24, 2.45) is 7.05 Å². The molecule has 0 unspecified atom stereocenters. The Morgan fingerprint density at radius 3 is 3.06 bits per heavy atom. The van der Waals surface area contributed by atoms with Crippen LogP contribution in [0.15, 0.2) is 6.20 Å². The molecule has 0 fully saturated rings. The van der Waals surface area contributed by atoms with Gasteiger partial charge < -0.3 is 4.57 Å². The zero-order chi connectivity index (χ0) is 12.3. The van der Waals surface area contributed by atoms with Crippen LogP contribution in [0.3, 0.4) is 0 Å². The van der Waals surface area contributed by atoms with Crippen molar-refractivity contribution >= 4 is 35.3 Å². The maximum atomic E-state index is 5.09. The van der Waals surface area contributed by atoms with Crippen LogP contribution in [-0.4, -0.2) is 25.5 Å². The van der Waals surface area contributed by atoms with E-state index in [-0.39, 0.29) is 0 Å². The molecule has 0 spiro atoms. The Labute approximate surface area is 113 Å². The van der Waals surface area contributed by atoms with E-state index >= 15 is 0 Å². The lowest BCUT2D eigenvalue weighted by Gasteiger charge is -1.95. The molecule has 0 radical (unpaired) electrons. The van der Waals surface area contributed by atoms with E-state index in [1.165, 1.54) is 12.2 Å². The molecule has 0 saturated heterocycles. The van der Waals surface area contributed by atoms with Gasteiger partial charge in [-0.2, -0.15) is 16.9 Å². The number of H-pyrrole nitrogens is 1. The second kappa shape index (κ2) is 5.79. The molecule has 4 nitrogen and oxygen atoms in total. The highest BCUT2D eigenvalue weighted by atomic mass is 32.2. The smallest absolute Gasteiger partial charge is 0.195 e. The van der Waals surface area contributed by atoms with Gasteiger partial charge in [0.15, 0.2) is 10.6 Å². The van der Waals surface area contributed by atoms with Gasteiger partial charge in [-0.3, -0.25) is 5.10 Å². The summed E-state index contributed by atoms with van der Waals surface area (Å²) in [6, 6.07) is 0. The molecule has 0 atom stereocenters. The van der Waals surface area contributed by atoms with Crippen molar-refractivity contribution in [2.75, 3.05) is 5.75 Å². The van der Waals surface area contributed by atoms with Crippen molar-refractivity contribution in [1.29, 1.82) is 0 Å². The summed E-state index contributed by atoms with van der Waals surface area (Å²) in [4.78, 5) is 5.47. The van der Waals surface area contributed by atoms with Gasteiger partial charge in [0.25, 0.3) is 0 Å². The summed E-state index contributed by atoms with van der Waals surface area (Å²) in [6.45, 7) is 2.19. The molecule has 92 valence electrons. The quantitative estimate of drug-likeness (QED) is 0.677. The summed E-state index contributed by atoms with van der Waals surface area (Å²) >= 11 is 8.69. The molecule has 0 aliphatic rings. The first-order valence-electron chi connectivity index (χ1n) is 5.36. The lowest BCUT2D eigenvalue weighted by atomic mass is 10.5. The van der Waals surface area contributed by atoms with E-state index in [0.29, 0.717) is 4.77 Å². The van der Waals surface area contributed by atoms with Crippen molar-refractivity contribution in [3.8, 4) is 10.7 Å². The molecule has 0 bridgehead atoms. The predicted molar refractivity (Wildman–Crippen MR) is 76.0 cm³/mol. The highest BCUT2D eigenvalue weighted by Gasteiger charge is 2.09. The highest BCUT2D eigenvalue weighted by molar-refractivity contribution is 7.98. The first-order valence-corrected chi connectivity index (χ1v) is 7.74. The molecule has 0 aliphatic carbocycles. The fraction of sp³-hybridized carbons (Fsp3) is 0.500. The van der Waals surface area contributed by atoms with Crippen molar-refractivity contribution in [3.63, 3.8) is 0 Å². The van der Waals surface area contributed by atoms with Crippen molar-refractivity contribution in [2.45, 2.75) is 19.1 Å². The number of rotatable bonds is 5. The molecule has 0 saturated carbocycles. The molecule has 17 heavy (non-hydrogen) atoms. The van der Waals surface area contributed by atoms with Gasteiger partial charge >= 0.3 is 0 Å². The van der Waals surface area contributed by atoms with Gasteiger partial charge in [0, 0.05) is 19.0 Å². The van der Waals surface area contributed by atoms with Crippen LogP contribution in [0, 0.1) is 4.77 Å². The van der Waals surface area contributed by atoms with Gasteiger partial charge in [0.05, 0.1) is 4.88 Å². The number of nitrogens with zero attached hydrogens (tertiary/aromatic N) is 3. The lowest BCUT2D eigenvalue weighted by molar-refractivity contribution is 0.903. The Kier molecular flexibility index (Phi) is 4.36. The average molecular weight is 286 g/mol. The molecule has 0 amide bonds. The monoisotopic (exact) mass is 286 g/mol. The highest BCUT2D eigenvalue weighted by Crippen LogP contribution is 2.26. The summed E-state index contributed by atoms with van der Waals surface area (Å²) in [7, 11) is 1.91. The average Bonchev–Trinajstić information content (AvgIpc) is 2.89. The van der Waals surface area contributed by atoms with Gasteiger partial charge in [0.2, 0.25) is 0 Å². The summed E-state index contributed by atoms with van der Waals surface area (Å²) in [5.74, 6) is 3.02. The normalized spacial score (nSPS) is 10.9. The fourth-order valence-electron chi connectivity index (χ4n) is 1.35. The van der Waals surface area contributed by atoms with Crippen molar-refractivity contribution in [3.05, 3.63) is 16.0 Å². The van der Waals surface area contributed by atoms with Crippen LogP contribution in [-0.2, 0) is 12.8 Å². The zero-order valence-electron chi connectivity index (χ0n) is 9.77. The first kappa shape index (κ1) is 12.8. The molecule has 0 aromatic carbocycles. The molecule has 2 aromatic rings. The number of hydrogen-bond donors (Lipinski definition) is 1. The lowest BCUT2D eigenvalue weighted by Crippen LogP contribution is -1.89. The van der Waals surface area contributed by atoms with E-state index < -0.39 is 0 Å². The Morgan fingerprint density at radius 2 is 2.41 bits per heavy atom. The zero-order valence-corrected chi connectivity index (χ0v) is 12.2. The Balaban J connectivity index is 2.13. The fourth-order valence-corrected chi connectivity index (χ4v) is 3.39. The minimum atomic E-state index is 0.635. The summed E-state index contributed by atoms with van der Waals surface area (Å²) in [5, 5.41) is 8.14. The topological polar surface area (TPSA) is 46.5 Å². The number of thiazole rings is 1. The van der Waals surface area contributed by atoms with Crippen LogP contribution in [0.25, 0.3) is 10.7 Å². The number of aromatic amines is 1. The molecular weight excluding hydrogens is 272 g/mol. The van der Waals surface area contributed by atoms with Crippen LogP contribution in [0.4, 0.5) is 0 Å². The van der Waals surface area contributed by atoms with Gasteiger partial charge in [-0.05, 0) is 24.4 Å². The third-order valence-electron chi connectivity index (χ3n) is 2.23. The SMILES string of the molecule is CCCSCc1ncc(-c2n[nH]c(=S)n2C)s1. The minimum absolute atomic E-state index is 0.635. The van der Waals surface area contributed by atoms with E-state index in [9.17, 15) is 0 Å². The maximum Gasteiger partial charge on any atom is 0.195 e. The summed E-state index contributed by atoms with van der Waals surface area (Å²) in [6.07, 6.45) is 3.08. The molecule has 2 rings (SSSR count). The second-order valence-electron chi connectivity index (χ2n) is 3.58. The van der Waals surface area contributed by atoms with Crippen LogP contribution >= 0.6 is 35.3 Å². The Morgan fingerprint density at radius 1 is 1.59 bits per heavy atom. The molecule has 0 aliphatic heterocycles. The first-order chi connectivity index (χ1) is 8.22. The molecule has 2 heterocycles. The molecule has 1 N–H and O–H groups in total. The Hall–Kier alpha value is -0.660. The van der Waals surface area contributed by atoms with Gasteiger partial charge in [-0.1, -0.05) is 6.92 Å². The standard InChI is InChI=1S/C10H14N4S3/c1-3-4-16-6-8-11-5-7(17-8)9-12-13-10(15)14(9)2/h5H,3-4,6H2,1-2H3,(H,13,15). The third-order valence-corrected chi connectivity index (χ3v) is 4.94. The van der Waals surface area contributed by atoms with E-state index in [2.05, 4.69) is 22.1 Å². The van der Waals surface area contributed by atoms with Crippen LogP contribution in [0.2, 0.25) is 0 Å². The molecular formula is C10H14N4S3. The van der Waals surface area contributed by atoms with E-state index in [1.807, 2.05) is 29.6 Å². The van der Waals surface area contributed by atoms with Crippen molar-refractivity contribution < 1.29 is 0 Å². The third kappa shape index (κ3) is 2.97. The predicted octanol–water partition coefficient (Wildman–Crippen LogP) is 3.24. The van der Waals surface area contributed by atoms with Crippen LogP contribution in [0.5, 0.6) is 0 Å². The summed E-state index contributed by atoms with van der Waals surface area (Å²) in [5.41, 5.74) is 0. The van der Waals surface area contributed by atoms with Crippen molar-refractivity contribution in [1.82, 2.24) is 19.7 Å². The van der Waals surface area contributed by atoms with E-state index in [0.717, 1.165) is 21.5 Å². The van der Waals surface area contributed by atoms with Gasteiger partial charge in [0.1, 0.15) is 5.01 Å². The minimum Gasteiger partial charge on any atom is -0.303 e. The van der Waals surface area contributed by atoms with E-state index in [1.54, 1.807) is 11.3 Å². The Bertz CT molecular complexity index is 540. The molecule has 2 aromatic heterocycles.